The summed E-state index contributed by atoms with van der Waals surface area (Å²) < 4.78 is 13.0. The zero-order valence-electron chi connectivity index (χ0n) is 12.0. The van der Waals surface area contributed by atoms with E-state index in [2.05, 4.69) is 4.98 Å². The Morgan fingerprint density at radius 3 is 2.32 bits per heavy atom. The summed E-state index contributed by atoms with van der Waals surface area (Å²) in [5.41, 5.74) is 2.62. The molecule has 0 saturated carbocycles. The first-order valence-corrected chi connectivity index (χ1v) is 7.21. The SMILES string of the molecule is O=C(C[C@H](c1ccccc1)c1ccc[nH]1)c1ccc(F)cc1. The molecule has 0 aliphatic heterocycles. The van der Waals surface area contributed by atoms with Gasteiger partial charge in [0.15, 0.2) is 5.78 Å². The summed E-state index contributed by atoms with van der Waals surface area (Å²) >= 11 is 0. The quantitative estimate of drug-likeness (QED) is 0.687. The number of rotatable bonds is 5. The lowest BCUT2D eigenvalue weighted by molar-refractivity contribution is 0.0977. The van der Waals surface area contributed by atoms with Crippen molar-refractivity contribution in [1.82, 2.24) is 4.98 Å². The number of ketones is 1. The Hall–Kier alpha value is -2.68. The van der Waals surface area contributed by atoms with E-state index in [0.717, 1.165) is 11.3 Å². The van der Waals surface area contributed by atoms with Crippen LogP contribution in [-0.4, -0.2) is 10.8 Å². The number of carbonyl (C=O) groups is 1. The molecule has 0 spiro atoms. The van der Waals surface area contributed by atoms with Crippen LogP contribution in [0.3, 0.4) is 0 Å². The minimum absolute atomic E-state index is 0.00320. The second-order valence-corrected chi connectivity index (χ2v) is 5.22. The van der Waals surface area contributed by atoms with Crippen LogP contribution in [0.1, 0.15) is 34.0 Å². The Bertz CT molecular complexity index is 733. The standard InChI is InChI=1S/C19H16FNO/c20-16-10-8-15(9-11-16)19(22)13-17(18-7-4-12-21-18)14-5-2-1-3-6-14/h1-12,17,21H,13H2/t17-/m1/s1. The number of benzene rings is 2. The lowest BCUT2D eigenvalue weighted by Crippen LogP contribution is -2.09. The molecule has 1 aromatic heterocycles. The molecule has 1 atom stereocenters. The van der Waals surface area contributed by atoms with E-state index < -0.39 is 0 Å². The van der Waals surface area contributed by atoms with E-state index in [0.29, 0.717) is 12.0 Å². The number of aromatic amines is 1. The fourth-order valence-electron chi connectivity index (χ4n) is 2.59. The van der Waals surface area contributed by atoms with Crippen molar-refractivity contribution in [3.05, 3.63) is 95.6 Å². The largest absolute Gasteiger partial charge is 0.364 e. The van der Waals surface area contributed by atoms with Gasteiger partial charge >= 0.3 is 0 Å². The van der Waals surface area contributed by atoms with Crippen LogP contribution in [0.15, 0.2) is 72.9 Å². The van der Waals surface area contributed by atoms with Crippen LogP contribution in [0.4, 0.5) is 4.39 Å². The van der Waals surface area contributed by atoms with E-state index in [1.807, 2.05) is 48.7 Å². The number of Topliss-reactive ketones (excluding diaryl/α,β-unsaturated/α-hetero) is 1. The smallest absolute Gasteiger partial charge is 0.163 e. The normalized spacial score (nSPS) is 12.0. The fourth-order valence-corrected chi connectivity index (χ4v) is 2.59. The van der Waals surface area contributed by atoms with Gasteiger partial charge in [-0.2, -0.15) is 0 Å². The third kappa shape index (κ3) is 3.14. The first-order valence-electron chi connectivity index (χ1n) is 7.21. The van der Waals surface area contributed by atoms with E-state index in [9.17, 15) is 9.18 Å². The van der Waals surface area contributed by atoms with Crippen LogP contribution in [0.5, 0.6) is 0 Å². The van der Waals surface area contributed by atoms with Crippen molar-refractivity contribution >= 4 is 5.78 Å². The van der Waals surface area contributed by atoms with E-state index in [-0.39, 0.29) is 17.5 Å². The number of halogens is 1. The Morgan fingerprint density at radius 2 is 1.68 bits per heavy atom. The zero-order valence-corrected chi connectivity index (χ0v) is 12.0. The van der Waals surface area contributed by atoms with E-state index >= 15 is 0 Å². The molecule has 0 fully saturated rings. The molecular weight excluding hydrogens is 277 g/mol. The molecule has 2 nitrogen and oxygen atoms in total. The van der Waals surface area contributed by atoms with Gasteiger partial charge in [0.1, 0.15) is 5.82 Å². The van der Waals surface area contributed by atoms with E-state index in [4.69, 9.17) is 0 Å². The highest BCUT2D eigenvalue weighted by molar-refractivity contribution is 5.96. The first-order chi connectivity index (χ1) is 10.7. The molecule has 0 aliphatic rings. The van der Waals surface area contributed by atoms with Crippen molar-refractivity contribution in [2.75, 3.05) is 0 Å². The molecular formula is C19H16FNO. The van der Waals surface area contributed by atoms with E-state index in [1.54, 1.807) is 0 Å². The fraction of sp³-hybridized carbons (Fsp3) is 0.105. The predicted molar refractivity (Wildman–Crippen MR) is 84.4 cm³/mol. The summed E-state index contributed by atoms with van der Waals surface area (Å²) in [5.74, 6) is -0.363. The van der Waals surface area contributed by atoms with Gasteiger partial charge in [-0.3, -0.25) is 4.79 Å². The van der Waals surface area contributed by atoms with Gasteiger partial charge in [-0.25, -0.2) is 4.39 Å². The van der Waals surface area contributed by atoms with Gasteiger partial charge in [-0.15, -0.1) is 0 Å². The van der Waals surface area contributed by atoms with Crippen molar-refractivity contribution in [3.63, 3.8) is 0 Å². The lowest BCUT2D eigenvalue weighted by Gasteiger charge is -2.15. The monoisotopic (exact) mass is 293 g/mol. The molecule has 3 aromatic rings. The minimum atomic E-state index is -0.333. The van der Waals surface area contributed by atoms with Crippen LogP contribution < -0.4 is 0 Å². The summed E-state index contributed by atoms with van der Waals surface area (Å²) in [6.45, 7) is 0. The highest BCUT2D eigenvalue weighted by atomic mass is 19.1. The van der Waals surface area contributed by atoms with E-state index in [1.165, 1.54) is 24.3 Å². The highest BCUT2D eigenvalue weighted by Crippen LogP contribution is 2.28. The van der Waals surface area contributed by atoms with Gasteiger partial charge in [0.25, 0.3) is 0 Å². The summed E-state index contributed by atoms with van der Waals surface area (Å²) in [5, 5.41) is 0. The molecule has 22 heavy (non-hydrogen) atoms. The van der Waals surface area contributed by atoms with Crippen LogP contribution in [0, 0.1) is 5.82 Å². The summed E-state index contributed by atoms with van der Waals surface area (Å²) in [6, 6.07) is 19.5. The molecule has 2 aromatic carbocycles. The molecule has 110 valence electrons. The molecule has 1 heterocycles. The van der Waals surface area contributed by atoms with Gasteiger partial charge in [0.2, 0.25) is 0 Å². The minimum Gasteiger partial charge on any atom is -0.364 e. The number of aromatic nitrogens is 1. The summed E-state index contributed by atoms with van der Waals surface area (Å²) in [4.78, 5) is 15.7. The Morgan fingerprint density at radius 1 is 0.955 bits per heavy atom. The van der Waals surface area contributed by atoms with Crippen LogP contribution in [0.25, 0.3) is 0 Å². The third-order valence-electron chi connectivity index (χ3n) is 3.76. The predicted octanol–water partition coefficient (Wildman–Crippen LogP) is 4.56. The maximum atomic E-state index is 13.0. The maximum Gasteiger partial charge on any atom is 0.163 e. The number of hydrogen-bond donors (Lipinski definition) is 1. The van der Waals surface area contributed by atoms with Crippen LogP contribution in [0.2, 0.25) is 0 Å². The summed E-state index contributed by atoms with van der Waals surface area (Å²) in [7, 11) is 0. The van der Waals surface area contributed by atoms with Gasteiger partial charge in [-0.1, -0.05) is 30.3 Å². The van der Waals surface area contributed by atoms with Crippen molar-refractivity contribution < 1.29 is 9.18 Å². The topological polar surface area (TPSA) is 32.9 Å². The van der Waals surface area contributed by atoms with Gasteiger partial charge in [-0.05, 0) is 42.0 Å². The number of hydrogen-bond acceptors (Lipinski definition) is 1. The molecule has 0 amide bonds. The average Bonchev–Trinajstić information content (AvgIpc) is 3.08. The van der Waals surface area contributed by atoms with Gasteiger partial charge < -0.3 is 4.98 Å². The second kappa shape index (κ2) is 6.39. The summed E-state index contributed by atoms with van der Waals surface area (Å²) in [6.07, 6.45) is 2.20. The maximum absolute atomic E-state index is 13.0. The number of carbonyl (C=O) groups excluding carboxylic acids is 1. The first kappa shape index (κ1) is 14.3. The number of nitrogens with one attached hydrogen (secondary N) is 1. The molecule has 0 bridgehead atoms. The van der Waals surface area contributed by atoms with Crippen LogP contribution in [-0.2, 0) is 0 Å². The van der Waals surface area contributed by atoms with Crippen molar-refractivity contribution in [1.29, 1.82) is 0 Å². The highest BCUT2D eigenvalue weighted by Gasteiger charge is 2.19. The third-order valence-corrected chi connectivity index (χ3v) is 3.76. The molecule has 0 aliphatic carbocycles. The Kier molecular flexibility index (Phi) is 4.15. The zero-order chi connectivity index (χ0) is 15.4. The molecule has 0 saturated heterocycles. The molecule has 1 N–H and O–H groups in total. The van der Waals surface area contributed by atoms with Crippen LogP contribution >= 0.6 is 0 Å². The molecule has 3 rings (SSSR count). The van der Waals surface area contributed by atoms with Crippen molar-refractivity contribution in [2.45, 2.75) is 12.3 Å². The van der Waals surface area contributed by atoms with Gasteiger partial charge in [0.05, 0.1) is 0 Å². The Labute approximate surface area is 128 Å². The van der Waals surface area contributed by atoms with Gasteiger partial charge in [0, 0.05) is 29.8 Å². The van der Waals surface area contributed by atoms with Crippen molar-refractivity contribution in [3.8, 4) is 0 Å². The lowest BCUT2D eigenvalue weighted by atomic mass is 9.89. The average molecular weight is 293 g/mol. The Balaban J connectivity index is 1.87. The second-order valence-electron chi connectivity index (χ2n) is 5.22. The van der Waals surface area contributed by atoms with Crippen molar-refractivity contribution in [2.24, 2.45) is 0 Å². The molecule has 0 unspecified atom stereocenters. The molecule has 3 heteroatoms. The molecule has 0 radical (unpaired) electrons. The number of H-pyrrole nitrogens is 1.